The molecule has 6 heteroatoms. The van der Waals surface area contributed by atoms with E-state index in [0.717, 1.165) is 24.1 Å². The Labute approximate surface area is 171 Å². The van der Waals surface area contributed by atoms with Gasteiger partial charge in [-0.3, -0.25) is 14.4 Å². The van der Waals surface area contributed by atoms with Crippen molar-refractivity contribution < 1.29 is 14.4 Å². The molecule has 2 aromatic carbocycles. The first-order valence-corrected chi connectivity index (χ1v) is 10.0. The zero-order chi connectivity index (χ0) is 20.8. The molecule has 1 heterocycles. The van der Waals surface area contributed by atoms with Crippen LogP contribution in [0.1, 0.15) is 42.1 Å². The summed E-state index contributed by atoms with van der Waals surface area (Å²) in [4.78, 5) is 39.4. The van der Waals surface area contributed by atoms with Crippen LogP contribution in [0.25, 0.3) is 0 Å². The molecule has 0 radical (unpaired) electrons. The van der Waals surface area contributed by atoms with Gasteiger partial charge in [-0.05, 0) is 43.2 Å². The molecule has 1 aliphatic rings. The van der Waals surface area contributed by atoms with Gasteiger partial charge in [0.15, 0.2) is 0 Å². The fourth-order valence-electron chi connectivity index (χ4n) is 3.43. The molecular weight excluding hydrogens is 366 g/mol. The largest absolute Gasteiger partial charge is 0.352 e. The number of hydrogen-bond acceptors (Lipinski definition) is 3. The molecule has 6 nitrogen and oxygen atoms in total. The van der Waals surface area contributed by atoms with Crippen LogP contribution in [-0.2, 0) is 9.59 Å². The van der Waals surface area contributed by atoms with Crippen LogP contribution in [0.5, 0.6) is 0 Å². The average Bonchev–Trinajstić information content (AvgIpc) is 3.10. The predicted molar refractivity (Wildman–Crippen MR) is 114 cm³/mol. The first-order valence-electron chi connectivity index (χ1n) is 10.0. The van der Waals surface area contributed by atoms with Crippen LogP contribution in [0.15, 0.2) is 48.5 Å². The van der Waals surface area contributed by atoms with Gasteiger partial charge in [-0.25, -0.2) is 0 Å². The third-order valence-corrected chi connectivity index (χ3v) is 5.05. The number of amides is 3. The van der Waals surface area contributed by atoms with E-state index in [1.165, 1.54) is 0 Å². The van der Waals surface area contributed by atoms with Gasteiger partial charge in [0, 0.05) is 25.2 Å². The number of aryl methyl sites for hydroxylation is 1. The van der Waals surface area contributed by atoms with E-state index < -0.39 is 5.92 Å². The van der Waals surface area contributed by atoms with E-state index in [9.17, 15) is 14.4 Å². The molecule has 3 rings (SSSR count). The van der Waals surface area contributed by atoms with Crippen LogP contribution in [-0.4, -0.2) is 30.8 Å². The molecule has 1 aliphatic heterocycles. The first-order chi connectivity index (χ1) is 14.0. The molecule has 0 spiro atoms. The quantitative estimate of drug-likeness (QED) is 0.707. The zero-order valence-corrected chi connectivity index (χ0v) is 16.9. The van der Waals surface area contributed by atoms with Gasteiger partial charge in [0.1, 0.15) is 0 Å². The lowest BCUT2D eigenvalue weighted by Crippen LogP contribution is -2.29. The molecule has 2 aromatic rings. The summed E-state index contributed by atoms with van der Waals surface area (Å²) in [6.07, 6.45) is 2.05. The maximum absolute atomic E-state index is 12.8. The number of benzene rings is 2. The summed E-state index contributed by atoms with van der Waals surface area (Å²) in [7, 11) is 0. The summed E-state index contributed by atoms with van der Waals surface area (Å²) in [5.41, 5.74) is 2.76. The van der Waals surface area contributed by atoms with Crippen molar-refractivity contribution in [3.05, 3.63) is 59.7 Å². The number of carbonyl (C=O) groups is 3. The fourth-order valence-corrected chi connectivity index (χ4v) is 3.43. The summed E-state index contributed by atoms with van der Waals surface area (Å²) in [6.45, 7) is 4.96. The molecule has 0 aromatic heterocycles. The van der Waals surface area contributed by atoms with Crippen LogP contribution < -0.4 is 15.5 Å². The number of unbranched alkanes of at least 4 members (excludes halogenated alkanes) is 1. The van der Waals surface area contributed by atoms with Crippen molar-refractivity contribution in [2.24, 2.45) is 5.92 Å². The SMILES string of the molecule is CCCCNC(=O)c1ccccc1NC(=O)C1CC(=O)N(c2cccc(C)c2)C1. The zero-order valence-electron chi connectivity index (χ0n) is 16.9. The molecule has 0 aliphatic carbocycles. The van der Waals surface area contributed by atoms with Gasteiger partial charge in [-0.2, -0.15) is 0 Å². The lowest BCUT2D eigenvalue weighted by atomic mass is 10.1. The van der Waals surface area contributed by atoms with Crippen molar-refractivity contribution in [3.63, 3.8) is 0 Å². The highest BCUT2D eigenvalue weighted by molar-refractivity contribution is 6.07. The maximum atomic E-state index is 12.8. The smallest absolute Gasteiger partial charge is 0.253 e. The lowest BCUT2D eigenvalue weighted by Gasteiger charge is -2.17. The topological polar surface area (TPSA) is 78.5 Å². The Morgan fingerprint density at radius 1 is 1.14 bits per heavy atom. The number of nitrogens with one attached hydrogen (secondary N) is 2. The second kappa shape index (κ2) is 9.37. The Morgan fingerprint density at radius 3 is 2.69 bits per heavy atom. The van der Waals surface area contributed by atoms with Gasteiger partial charge < -0.3 is 15.5 Å². The first kappa shape index (κ1) is 20.6. The highest BCUT2D eigenvalue weighted by atomic mass is 16.2. The fraction of sp³-hybridized carbons (Fsp3) is 0.348. The Bertz CT molecular complexity index is 910. The highest BCUT2D eigenvalue weighted by Crippen LogP contribution is 2.27. The van der Waals surface area contributed by atoms with E-state index in [2.05, 4.69) is 17.6 Å². The van der Waals surface area contributed by atoms with Gasteiger partial charge in [0.25, 0.3) is 5.91 Å². The predicted octanol–water partition coefficient (Wildman–Crippen LogP) is 3.52. The van der Waals surface area contributed by atoms with E-state index in [1.807, 2.05) is 31.2 Å². The minimum atomic E-state index is -0.459. The maximum Gasteiger partial charge on any atom is 0.253 e. The van der Waals surface area contributed by atoms with Crippen molar-refractivity contribution in [1.29, 1.82) is 0 Å². The molecular formula is C23H27N3O3. The van der Waals surface area contributed by atoms with Crippen molar-refractivity contribution in [2.75, 3.05) is 23.3 Å². The van der Waals surface area contributed by atoms with E-state index >= 15 is 0 Å². The normalized spacial score (nSPS) is 16.0. The molecule has 1 fully saturated rings. The second-order valence-corrected chi connectivity index (χ2v) is 7.39. The van der Waals surface area contributed by atoms with E-state index in [1.54, 1.807) is 29.2 Å². The van der Waals surface area contributed by atoms with Crippen molar-refractivity contribution in [3.8, 4) is 0 Å². The Kier molecular flexibility index (Phi) is 6.65. The van der Waals surface area contributed by atoms with E-state index in [-0.39, 0.29) is 24.1 Å². The van der Waals surface area contributed by atoms with Gasteiger partial charge in [0.2, 0.25) is 11.8 Å². The number of carbonyl (C=O) groups excluding carboxylic acids is 3. The third-order valence-electron chi connectivity index (χ3n) is 5.05. The Balaban J connectivity index is 1.68. The van der Waals surface area contributed by atoms with Crippen molar-refractivity contribution in [1.82, 2.24) is 5.32 Å². The summed E-state index contributed by atoms with van der Waals surface area (Å²) < 4.78 is 0. The van der Waals surface area contributed by atoms with E-state index in [4.69, 9.17) is 0 Å². The van der Waals surface area contributed by atoms with Crippen molar-refractivity contribution in [2.45, 2.75) is 33.1 Å². The Morgan fingerprint density at radius 2 is 1.93 bits per heavy atom. The van der Waals surface area contributed by atoms with Crippen LogP contribution in [0.2, 0.25) is 0 Å². The molecule has 152 valence electrons. The number of para-hydroxylation sites is 1. The summed E-state index contributed by atoms with van der Waals surface area (Å²) in [5.74, 6) is -0.985. The van der Waals surface area contributed by atoms with Crippen molar-refractivity contribution >= 4 is 29.1 Å². The molecule has 29 heavy (non-hydrogen) atoms. The number of nitrogens with zero attached hydrogens (tertiary/aromatic N) is 1. The molecule has 1 unspecified atom stereocenters. The van der Waals surface area contributed by atoms with Crippen LogP contribution >= 0.6 is 0 Å². The van der Waals surface area contributed by atoms with E-state index in [0.29, 0.717) is 24.3 Å². The summed E-state index contributed by atoms with van der Waals surface area (Å²) in [6, 6.07) is 14.6. The summed E-state index contributed by atoms with van der Waals surface area (Å²) >= 11 is 0. The van der Waals surface area contributed by atoms with Crippen LogP contribution in [0.3, 0.4) is 0 Å². The highest BCUT2D eigenvalue weighted by Gasteiger charge is 2.35. The second-order valence-electron chi connectivity index (χ2n) is 7.39. The average molecular weight is 393 g/mol. The number of hydrogen-bond donors (Lipinski definition) is 2. The minimum Gasteiger partial charge on any atom is -0.352 e. The molecule has 0 bridgehead atoms. The third kappa shape index (κ3) is 5.02. The minimum absolute atomic E-state index is 0.0682. The molecule has 1 atom stereocenters. The molecule has 0 saturated carbocycles. The summed E-state index contributed by atoms with van der Waals surface area (Å²) in [5, 5.41) is 5.72. The molecule has 3 amide bonds. The van der Waals surface area contributed by atoms with Crippen LogP contribution in [0, 0.1) is 12.8 Å². The van der Waals surface area contributed by atoms with Gasteiger partial charge >= 0.3 is 0 Å². The van der Waals surface area contributed by atoms with Gasteiger partial charge in [0.05, 0.1) is 17.2 Å². The van der Waals surface area contributed by atoms with Crippen LogP contribution in [0.4, 0.5) is 11.4 Å². The lowest BCUT2D eigenvalue weighted by molar-refractivity contribution is -0.122. The van der Waals surface area contributed by atoms with Gasteiger partial charge in [-0.1, -0.05) is 37.6 Å². The number of anilines is 2. The van der Waals surface area contributed by atoms with Gasteiger partial charge in [-0.15, -0.1) is 0 Å². The monoisotopic (exact) mass is 393 g/mol. The standard InChI is InChI=1S/C23H27N3O3/c1-3-4-12-24-23(29)19-10-5-6-11-20(19)25-22(28)17-14-21(27)26(15-17)18-9-7-8-16(2)13-18/h5-11,13,17H,3-4,12,14-15H2,1-2H3,(H,24,29)(H,25,28). The molecule has 1 saturated heterocycles. The number of rotatable bonds is 7. The Hall–Kier alpha value is -3.15. The molecule has 2 N–H and O–H groups in total.